The first-order valence-corrected chi connectivity index (χ1v) is 7.76. The van der Waals surface area contributed by atoms with Crippen molar-refractivity contribution >= 4 is 10.0 Å². The smallest absolute Gasteiger partial charge is 0.215 e. The molecular weight excluding hydrogens is 276 g/mol. The molecule has 1 N–H and O–H groups in total. The van der Waals surface area contributed by atoms with Crippen molar-refractivity contribution in [1.82, 2.24) is 4.72 Å². The third kappa shape index (κ3) is 6.48. The summed E-state index contributed by atoms with van der Waals surface area (Å²) in [5.74, 6) is -0.150. The maximum absolute atomic E-state index is 11.8. The van der Waals surface area contributed by atoms with Crippen molar-refractivity contribution in [1.29, 1.82) is 5.26 Å². The normalized spacial score (nSPS) is 11.0. The molecule has 1 aromatic rings. The Labute approximate surface area is 119 Å². The van der Waals surface area contributed by atoms with E-state index in [-0.39, 0.29) is 12.3 Å². The molecule has 0 fully saturated rings. The number of hydrogen-bond donors (Lipinski definition) is 1. The summed E-state index contributed by atoms with van der Waals surface area (Å²) < 4.78 is 31.3. The van der Waals surface area contributed by atoms with E-state index in [2.05, 4.69) is 11.3 Å². The molecule has 6 heteroatoms. The van der Waals surface area contributed by atoms with Gasteiger partial charge in [-0.2, -0.15) is 5.26 Å². The second-order valence-electron chi connectivity index (χ2n) is 4.48. The Kier molecular flexibility index (Phi) is 6.39. The zero-order chi connectivity index (χ0) is 15.0. The average Bonchev–Trinajstić information content (AvgIpc) is 2.37. The largest absolute Gasteiger partial charge is 0.376 e. The number of hydrogen-bond acceptors (Lipinski definition) is 4. The highest BCUT2D eigenvalue weighted by molar-refractivity contribution is 7.88. The highest BCUT2D eigenvalue weighted by atomic mass is 32.2. The van der Waals surface area contributed by atoms with Crippen molar-refractivity contribution in [2.24, 2.45) is 0 Å². The van der Waals surface area contributed by atoms with Crippen LogP contribution in [0.1, 0.15) is 18.1 Å². The standard InChI is InChI=1S/C14H18N2O3S/c1-12(2)10-19-7-6-16-20(17,18)11-14-5-3-4-13(8-14)9-15/h3-5,8,16H,1,6-7,10-11H2,2H3. The molecule has 0 aliphatic rings. The monoisotopic (exact) mass is 294 g/mol. The lowest BCUT2D eigenvalue weighted by Crippen LogP contribution is -2.28. The minimum atomic E-state index is -3.42. The lowest BCUT2D eigenvalue weighted by molar-refractivity contribution is 0.162. The van der Waals surface area contributed by atoms with Crippen LogP contribution in [0.4, 0.5) is 0 Å². The fraction of sp³-hybridized carbons (Fsp3) is 0.357. The fourth-order valence-electron chi connectivity index (χ4n) is 1.52. The van der Waals surface area contributed by atoms with E-state index < -0.39 is 10.0 Å². The molecule has 0 saturated carbocycles. The SMILES string of the molecule is C=C(C)COCCNS(=O)(=O)Cc1cccc(C#N)c1. The summed E-state index contributed by atoms with van der Waals surface area (Å²) in [5, 5.41) is 8.77. The number of nitrogens with zero attached hydrogens (tertiary/aromatic N) is 1. The Morgan fingerprint density at radius 3 is 2.90 bits per heavy atom. The maximum Gasteiger partial charge on any atom is 0.215 e. The lowest BCUT2D eigenvalue weighted by atomic mass is 10.2. The topological polar surface area (TPSA) is 79.2 Å². The van der Waals surface area contributed by atoms with Gasteiger partial charge < -0.3 is 4.74 Å². The van der Waals surface area contributed by atoms with Crippen LogP contribution in [0.5, 0.6) is 0 Å². The summed E-state index contributed by atoms with van der Waals surface area (Å²) in [6.45, 7) is 6.46. The predicted molar refractivity (Wildman–Crippen MR) is 77.4 cm³/mol. The summed E-state index contributed by atoms with van der Waals surface area (Å²) in [4.78, 5) is 0. The number of benzene rings is 1. The number of rotatable bonds is 8. The van der Waals surface area contributed by atoms with Crippen LogP contribution in [0.3, 0.4) is 0 Å². The van der Waals surface area contributed by atoms with Gasteiger partial charge in [-0.25, -0.2) is 13.1 Å². The van der Waals surface area contributed by atoms with Crippen LogP contribution < -0.4 is 4.72 Å². The average molecular weight is 294 g/mol. The molecule has 1 rings (SSSR count). The Balaban J connectivity index is 2.45. The number of ether oxygens (including phenoxy) is 1. The van der Waals surface area contributed by atoms with Crippen LogP contribution in [-0.4, -0.2) is 28.2 Å². The molecule has 0 unspecified atom stereocenters. The van der Waals surface area contributed by atoms with Crippen LogP contribution in [0.25, 0.3) is 0 Å². The summed E-state index contributed by atoms with van der Waals surface area (Å²) in [6, 6.07) is 8.52. The molecule has 0 aliphatic heterocycles. The van der Waals surface area contributed by atoms with E-state index in [1.165, 1.54) is 0 Å². The zero-order valence-corrected chi connectivity index (χ0v) is 12.2. The van der Waals surface area contributed by atoms with E-state index in [1.54, 1.807) is 24.3 Å². The molecule has 0 bridgehead atoms. The molecule has 0 aromatic heterocycles. The van der Waals surface area contributed by atoms with Crippen LogP contribution in [-0.2, 0) is 20.5 Å². The number of nitriles is 1. The zero-order valence-electron chi connectivity index (χ0n) is 11.4. The fourth-order valence-corrected chi connectivity index (χ4v) is 2.63. The number of nitrogens with one attached hydrogen (secondary N) is 1. The molecule has 5 nitrogen and oxygen atoms in total. The van der Waals surface area contributed by atoms with Gasteiger partial charge in [-0.05, 0) is 24.6 Å². The first-order valence-electron chi connectivity index (χ1n) is 6.11. The Morgan fingerprint density at radius 1 is 1.50 bits per heavy atom. The molecule has 0 saturated heterocycles. The first-order chi connectivity index (χ1) is 9.43. The third-order valence-corrected chi connectivity index (χ3v) is 3.69. The summed E-state index contributed by atoms with van der Waals surface area (Å²) in [7, 11) is -3.42. The van der Waals surface area contributed by atoms with Crippen molar-refractivity contribution < 1.29 is 13.2 Å². The highest BCUT2D eigenvalue weighted by Crippen LogP contribution is 2.07. The molecule has 0 heterocycles. The molecular formula is C14H18N2O3S. The van der Waals surface area contributed by atoms with Gasteiger partial charge in [0, 0.05) is 6.54 Å². The first kappa shape index (κ1) is 16.4. The van der Waals surface area contributed by atoms with E-state index in [0.29, 0.717) is 24.3 Å². The van der Waals surface area contributed by atoms with Gasteiger partial charge in [-0.3, -0.25) is 0 Å². The second kappa shape index (κ2) is 7.80. The van der Waals surface area contributed by atoms with Gasteiger partial charge >= 0.3 is 0 Å². The van der Waals surface area contributed by atoms with E-state index in [1.807, 2.05) is 13.0 Å². The van der Waals surface area contributed by atoms with Crippen LogP contribution >= 0.6 is 0 Å². The predicted octanol–water partition coefficient (Wildman–Crippen LogP) is 1.57. The quantitative estimate of drug-likeness (QED) is 0.583. The summed E-state index contributed by atoms with van der Waals surface area (Å²) in [6.07, 6.45) is 0. The second-order valence-corrected chi connectivity index (χ2v) is 6.28. The molecule has 0 spiro atoms. The van der Waals surface area contributed by atoms with Crippen LogP contribution in [0.15, 0.2) is 36.4 Å². The maximum atomic E-state index is 11.8. The molecule has 0 radical (unpaired) electrons. The van der Waals surface area contributed by atoms with Crippen LogP contribution in [0.2, 0.25) is 0 Å². The molecule has 20 heavy (non-hydrogen) atoms. The van der Waals surface area contributed by atoms with Gasteiger partial charge in [0.05, 0.1) is 30.6 Å². The van der Waals surface area contributed by atoms with Crippen molar-refractivity contribution in [2.45, 2.75) is 12.7 Å². The molecule has 0 aliphatic carbocycles. The van der Waals surface area contributed by atoms with Gasteiger partial charge in [-0.15, -0.1) is 0 Å². The summed E-state index contributed by atoms with van der Waals surface area (Å²) >= 11 is 0. The third-order valence-electron chi connectivity index (χ3n) is 2.33. The van der Waals surface area contributed by atoms with Gasteiger partial charge in [0.25, 0.3) is 0 Å². The van der Waals surface area contributed by atoms with E-state index in [4.69, 9.17) is 10.00 Å². The van der Waals surface area contributed by atoms with Crippen molar-refractivity contribution in [2.75, 3.05) is 19.8 Å². The van der Waals surface area contributed by atoms with Gasteiger partial charge in [0.2, 0.25) is 10.0 Å². The van der Waals surface area contributed by atoms with E-state index in [0.717, 1.165) is 5.57 Å². The van der Waals surface area contributed by atoms with Crippen molar-refractivity contribution in [3.8, 4) is 6.07 Å². The Hall–Kier alpha value is -1.68. The Morgan fingerprint density at radius 2 is 2.25 bits per heavy atom. The minimum Gasteiger partial charge on any atom is -0.376 e. The summed E-state index contributed by atoms with van der Waals surface area (Å²) in [5.41, 5.74) is 1.92. The van der Waals surface area contributed by atoms with Crippen molar-refractivity contribution in [3.05, 3.63) is 47.5 Å². The van der Waals surface area contributed by atoms with Gasteiger partial charge in [-0.1, -0.05) is 24.3 Å². The molecule has 108 valence electrons. The van der Waals surface area contributed by atoms with Crippen LogP contribution in [0, 0.1) is 11.3 Å². The molecule has 1 aromatic carbocycles. The minimum absolute atomic E-state index is 0.150. The van der Waals surface area contributed by atoms with Gasteiger partial charge in [0.15, 0.2) is 0 Å². The van der Waals surface area contributed by atoms with Gasteiger partial charge in [0.1, 0.15) is 0 Å². The van der Waals surface area contributed by atoms with E-state index in [9.17, 15) is 8.42 Å². The number of sulfonamides is 1. The Bertz CT molecular complexity index is 603. The lowest BCUT2D eigenvalue weighted by Gasteiger charge is -2.07. The van der Waals surface area contributed by atoms with Crippen molar-refractivity contribution in [3.63, 3.8) is 0 Å². The molecule has 0 amide bonds. The highest BCUT2D eigenvalue weighted by Gasteiger charge is 2.11. The van der Waals surface area contributed by atoms with E-state index >= 15 is 0 Å². The molecule has 0 atom stereocenters.